The van der Waals surface area contributed by atoms with Crippen LogP contribution in [-0.2, 0) is 6.42 Å². The van der Waals surface area contributed by atoms with Gasteiger partial charge >= 0.3 is 0 Å². The Morgan fingerprint density at radius 2 is 1.45 bits per heavy atom. The van der Waals surface area contributed by atoms with Crippen LogP contribution >= 0.6 is 0 Å². The summed E-state index contributed by atoms with van der Waals surface area (Å²) in [6.45, 7) is 12.9. The summed E-state index contributed by atoms with van der Waals surface area (Å²) in [6, 6.07) is 6.96. The maximum Gasteiger partial charge on any atom is -0.0159 e. The van der Waals surface area contributed by atoms with Crippen molar-refractivity contribution in [3.63, 3.8) is 0 Å². The van der Waals surface area contributed by atoms with E-state index in [-0.39, 0.29) is 0 Å². The molecule has 0 bridgehead atoms. The molecule has 0 radical (unpaired) electrons. The Kier molecular flexibility index (Phi) is 13.4. The molecular formula is C22H40. The number of rotatable bonds is 7. The van der Waals surface area contributed by atoms with Gasteiger partial charge in [-0.2, -0.15) is 0 Å². The van der Waals surface area contributed by atoms with Crippen LogP contribution < -0.4 is 0 Å². The molecule has 1 aromatic rings. The molecule has 0 aliphatic heterocycles. The molecule has 0 N–H and O–H groups in total. The molecule has 128 valence electrons. The SMILES string of the molecule is CC.CCCCCCC.CCCc1ccc(C)cc1C1CC1. The predicted molar refractivity (Wildman–Crippen MR) is 103 cm³/mol. The number of aryl methyl sites for hydroxylation is 2. The predicted octanol–water partition coefficient (Wildman–Crippen LogP) is 7.83. The van der Waals surface area contributed by atoms with Gasteiger partial charge in [-0.1, -0.05) is 96.9 Å². The van der Waals surface area contributed by atoms with Crippen LogP contribution in [-0.4, -0.2) is 0 Å². The number of benzene rings is 1. The fraction of sp³-hybridized carbons (Fsp3) is 0.727. The van der Waals surface area contributed by atoms with Gasteiger partial charge in [-0.25, -0.2) is 0 Å². The second-order valence-corrected chi connectivity index (χ2v) is 6.29. The topological polar surface area (TPSA) is 0 Å². The van der Waals surface area contributed by atoms with E-state index in [4.69, 9.17) is 0 Å². The van der Waals surface area contributed by atoms with Gasteiger partial charge in [0, 0.05) is 0 Å². The van der Waals surface area contributed by atoms with Crippen molar-refractivity contribution < 1.29 is 0 Å². The van der Waals surface area contributed by atoms with Crippen LogP contribution in [0.15, 0.2) is 18.2 Å². The Hall–Kier alpha value is -0.780. The smallest absolute Gasteiger partial charge is 0.0159 e. The van der Waals surface area contributed by atoms with Gasteiger partial charge in [0.1, 0.15) is 0 Å². The van der Waals surface area contributed by atoms with Crippen LogP contribution in [0.2, 0.25) is 0 Å². The van der Waals surface area contributed by atoms with Crippen molar-refractivity contribution in [3.8, 4) is 0 Å². The lowest BCUT2D eigenvalue weighted by atomic mass is 9.97. The minimum absolute atomic E-state index is 0.904. The summed E-state index contributed by atoms with van der Waals surface area (Å²) in [6.07, 6.45) is 12.4. The van der Waals surface area contributed by atoms with E-state index < -0.39 is 0 Å². The lowest BCUT2D eigenvalue weighted by Crippen LogP contribution is -1.92. The van der Waals surface area contributed by atoms with Gasteiger partial charge in [0.15, 0.2) is 0 Å². The third-order valence-electron chi connectivity index (χ3n) is 4.04. The maximum absolute atomic E-state index is 2.39. The van der Waals surface area contributed by atoms with Gasteiger partial charge in [0.2, 0.25) is 0 Å². The Morgan fingerprint density at radius 1 is 0.864 bits per heavy atom. The maximum atomic E-state index is 2.39. The van der Waals surface area contributed by atoms with Crippen molar-refractivity contribution in [1.29, 1.82) is 0 Å². The van der Waals surface area contributed by atoms with Crippen molar-refractivity contribution in [3.05, 3.63) is 34.9 Å². The van der Waals surface area contributed by atoms with Crippen molar-refractivity contribution in [2.24, 2.45) is 0 Å². The molecule has 0 aromatic heterocycles. The van der Waals surface area contributed by atoms with Gasteiger partial charge in [-0.05, 0) is 43.2 Å². The van der Waals surface area contributed by atoms with Gasteiger partial charge < -0.3 is 0 Å². The van der Waals surface area contributed by atoms with Gasteiger partial charge in [0.05, 0.1) is 0 Å². The molecule has 0 nitrogen and oxygen atoms in total. The first-order chi connectivity index (χ1) is 10.7. The highest BCUT2D eigenvalue weighted by atomic mass is 14.3. The highest BCUT2D eigenvalue weighted by Crippen LogP contribution is 2.42. The molecule has 0 saturated heterocycles. The van der Waals surface area contributed by atoms with E-state index in [0.717, 1.165) is 5.92 Å². The third kappa shape index (κ3) is 9.28. The first-order valence-corrected chi connectivity index (χ1v) is 9.82. The van der Waals surface area contributed by atoms with E-state index in [1.165, 1.54) is 63.4 Å². The van der Waals surface area contributed by atoms with Gasteiger partial charge in [-0.3, -0.25) is 0 Å². The van der Waals surface area contributed by atoms with E-state index in [0.29, 0.717) is 0 Å². The van der Waals surface area contributed by atoms with Crippen LogP contribution in [0.1, 0.15) is 109 Å². The molecule has 0 heteroatoms. The number of unbranched alkanes of at least 4 members (excludes halogenated alkanes) is 4. The van der Waals surface area contributed by atoms with E-state index in [1.54, 1.807) is 11.1 Å². The zero-order valence-electron chi connectivity index (χ0n) is 16.2. The van der Waals surface area contributed by atoms with Crippen LogP contribution in [0, 0.1) is 6.92 Å². The summed E-state index contributed by atoms with van der Waals surface area (Å²) in [5.74, 6) is 0.904. The lowest BCUT2D eigenvalue weighted by Gasteiger charge is -2.08. The molecule has 0 spiro atoms. The van der Waals surface area contributed by atoms with Gasteiger partial charge in [0.25, 0.3) is 0 Å². The third-order valence-corrected chi connectivity index (χ3v) is 4.04. The normalized spacial score (nSPS) is 12.8. The summed E-state index contributed by atoms with van der Waals surface area (Å²) in [7, 11) is 0. The Balaban J connectivity index is 0.000000421. The van der Waals surface area contributed by atoms with Crippen molar-refractivity contribution >= 4 is 0 Å². The summed E-state index contributed by atoms with van der Waals surface area (Å²) < 4.78 is 0. The molecule has 0 atom stereocenters. The van der Waals surface area contributed by atoms with Crippen molar-refractivity contribution in [1.82, 2.24) is 0 Å². The Labute approximate surface area is 140 Å². The largest absolute Gasteiger partial charge is 0.0683 e. The molecule has 0 unspecified atom stereocenters. The number of hydrogen-bond donors (Lipinski definition) is 0. The van der Waals surface area contributed by atoms with E-state index in [2.05, 4.69) is 45.9 Å². The first kappa shape index (κ1) is 21.2. The average Bonchev–Trinajstić information content (AvgIpc) is 3.37. The molecule has 1 aliphatic carbocycles. The fourth-order valence-corrected chi connectivity index (χ4v) is 2.66. The van der Waals surface area contributed by atoms with Crippen molar-refractivity contribution in [2.75, 3.05) is 0 Å². The van der Waals surface area contributed by atoms with Crippen molar-refractivity contribution in [2.45, 2.75) is 105 Å². The minimum atomic E-state index is 0.904. The second-order valence-electron chi connectivity index (χ2n) is 6.29. The fourth-order valence-electron chi connectivity index (χ4n) is 2.66. The summed E-state index contributed by atoms with van der Waals surface area (Å²) in [4.78, 5) is 0. The lowest BCUT2D eigenvalue weighted by molar-refractivity contribution is 0.656. The Morgan fingerprint density at radius 3 is 1.91 bits per heavy atom. The van der Waals surface area contributed by atoms with Crippen LogP contribution in [0.3, 0.4) is 0 Å². The molecule has 2 rings (SSSR count). The molecule has 1 saturated carbocycles. The minimum Gasteiger partial charge on any atom is -0.0683 e. The molecular weight excluding hydrogens is 264 g/mol. The quantitative estimate of drug-likeness (QED) is 0.450. The molecule has 22 heavy (non-hydrogen) atoms. The highest BCUT2D eigenvalue weighted by Gasteiger charge is 2.25. The highest BCUT2D eigenvalue weighted by molar-refractivity contribution is 5.36. The molecule has 1 fully saturated rings. The average molecular weight is 305 g/mol. The van der Waals surface area contributed by atoms with Crippen LogP contribution in [0.25, 0.3) is 0 Å². The molecule has 0 heterocycles. The molecule has 1 aliphatic rings. The first-order valence-electron chi connectivity index (χ1n) is 9.82. The second kappa shape index (κ2) is 13.9. The zero-order valence-corrected chi connectivity index (χ0v) is 16.2. The van der Waals surface area contributed by atoms with Crippen LogP contribution in [0.5, 0.6) is 0 Å². The van der Waals surface area contributed by atoms with E-state index in [9.17, 15) is 0 Å². The zero-order chi connectivity index (χ0) is 16.8. The van der Waals surface area contributed by atoms with E-state index >= 15 is 0 Å². The summed E-state index contributed by atoms with van der Waals surface area (Å²) in [5, 5.41) is 0. The number of hydrogen-bond acceptors (Lipinski definition) is 0. The summed E-state index contributed by atoms with van der Waals surface area (Å²) in [5.41, 5.74) is 4.65. The van der Waals surface area contributed by atoms with Gasteiger partial charge in [-0.15, -0.1) is 0 Å². The monoisotopic (exact) mass is 304 g/mol. The molecule has 1 aromatic carbocycles. The standard InChI is InChI=1S/C13H18.C7H16.C2H6/c1-3-4-11-6-5-10(2)9-13(11)12-7-8-12;1-3-5-7-6-4-2;1-2/h5-6,9,12H,3-4,7-8H2,1-2H3;3-7H2,1-2H3;1-2H3. The molecule has 0 amide bonds. The Bertz CT molecular complexity index is 356. The summed E-state index contributed by atoms with van der Waals surface area (Å²) >= 11 is 0. The van der Waals surface area contributed by atoms with Crippen LogP contribution in [0.4, 0.5) is 0 Å². The van der Waals surface area contributed by atoms with E-state index in [1.807, 2.05) is 13.8 Å².